The summed E-state index contributed by atoms with van der Waals surface area (Å²) in [5.41, 5.74) is 0.185. The Morgan fingerprint density at radius 3 is 2.41 bits per heavy atom. The first-order valence-electron chi connectivity index (χ1n) is 6.57. The molecular formula is C17H12O5. The standard InChI is InChI=1S/C17H12O5/c1-9-15(20)11(8-18)16(21)14-12(19)7-13(22-17(9)14)10-5-3-2-4-6-10/h2-8,20-21H,1H3. The number of fused-ring (bicyclic) bond motifs is 1. The third kappa shape index (κ3) is 1.95. The van der Waals surface area contributed by atoms with Crippen LogP contribution in [0.3, 0.4) is 0 Å². The van der Waals surface area contributed by atoms with Gasteiger partial charge in [-0.3, -0.25) is 9.59 Å². The highest BCUT2D eigenvalue weighted by Gasteiger charge is 2.21. The summed E-state index contributed by atoms with van der Waals surface area (Å²) in [7, 11) is 0. The molecule has 2 aromatic carbocycles. The van der Waals surface area contributed by atoms with Crippen molar-refractivity contribution < 1.29 is 19.4 Å². The second-order valence-electron chi connectivity index (χ2n) is 4.90. The molecule has 0 bridgehead atoms. The van der Waals surface area contributed by atoms with Crippen LogP contribution < -0.4 is 5.43 Å². The quantitative estimate of drug-likeness (QED) is 0.710. The first-order valence-corrected chi connectivity index (χ1v) is 6.57. The molecule has 1 heterocycles. The van der Waals surface area contributed by atoms with E-state index in [1.165, 1.54) is 13.0 Å². The summed E-state index contributed by atoms with van der Waals surface area (Å²) in [4.78, 5) is 23.3. The zero-order valence-corrected chi connectivity index (χ0v) is 11.7. The number of phenolic OH excluding ortho intramolecular Hbond substituents is 2. The number of rotatable bonds is 2. The summed E-state index contributed by atoms with van der Waals surface area (Å²) in [6.07, 6.45) is 0.307. The molecule has 0 aliphatic carbocycles. The van der Waals surface area contributed by atoms with E-state index in [0.717, 1.165) is 0 Å². The monoisotopic (exact) mass is 296 g/mol. The van der Waals surface area contributed by atoms with Crippen molar-refractivity contribution in [1.82, 2.24) is 0 Å². The van der Waals surface area contributed by atoms with E-state index < -0.39 is 16.9 Å². The number of benzene rings is 2. The molecule has 0 amide bonds. The van der Waals surface area contributed by atoms with Gasteiger partial charge in [-0.15, -0.1) is 0 Å². The number of carbonyl (C=O) groups is 1. The van der Waals surface area contributed by atoms with Gasteiger partial charge in [0.2, 0.25) is 0 Å². The Kier molecular flexibility index (Phi) is 3.18. The summed E-state index contributed by atoms with van der Waals surface area (Å²) < 4.78 is 5.68. The van der Waals surface area contributed by atoms with E-state index in [2.05, 4.69) is 0 Å². The summed E-state index contributed by atoms with van der Waals surface area (Å²) in [5, 5.41) is 19.9. The van der Waals surface area contributed by atoms with Gasteiger partial charge < -0.3 is 14.6 Å². The molecule has 22 heavy (non-hydrogen) atoms. The highest BCUT2D eigenvalue weighted by Crippen LogP contribution is 2.37. The zero-order valence-electron chi connectivity index (χ0n) is 11.7. The molecule has 0 radical (unpaired) electrons. The average Bonchev–Trinajstić information content (AvgIpc) is 2.53. The van der Waals surface area contributed by atoms with Crippen molar-refractivity contribution in [2.24, 2.45) is 0 Å². The van der Waals surface area contributed by atoms with Gasteiger partial charge in [-0.25, -0.2) is 0 Å². The molecule has 3 rings (SSSR count). The molecule has 5 nitrogen and oxygen atoms in total. The van der Waals surface area contributed by atoms with E-state index in [0.29, 0.717) is 17.6 Å². The lowest BCUT2D eigenvalue weighted by Gasteiger charge is -2.10. The first kappa shape index (κ1) is 13.9. The van der Waals surface area contributed by atoms with Crippen LogP contribution in [0, 0.1) is 6.92 Å². The molecule has 2 N–H and O–H groups in total. The van der Waals surface area contributed by atoms with Crippen molar-refractivity contribution in [2.45, 2.75) is 6.92 Å². The topological polar surface area (TPSA) is 87.7 Å². The normalized spacial score (nSPS) is 10.8. The minimum Gasteiger partial charge on any atom is -0.507 e. The highest BCUT2D eigenvalue weighted by molar-refractivity contribution is 5.98. The Bertz CT molecular complexity index is 939. The number of aryl methyl sites for hydroxylation is 1. The fraction of sp³-hybridized carbons (Fsp3) is 0.0588. The van der Waals surface area contributed by atoms with Gasteiger partial charge in [0.1, 0.15) is 28.2 Å². The molecule has 0 aliphatic heterocycles. The largest absolute Gasteiger partial charge is 0.507 e. The molecule has 5 heteroatoms. The number of aromatic hydroxyl groups is 2. The minimum absolute atomic E-state index is 0.0620. The van der Waals surface area contributed by atoms with Crippen LogP contribution in [0.4, 0.5) is 0 Å². The maximum Gasteiger partial charge on any atom is 0.197 e. The van der Waals surface area contributed by atoms with Gasteiger partial charge in [-0.2, -0.15) is 0 Å². The molecule has 0 unspecified atom stereocenters. The van der Waals surface area contributed by atoms with Crippen LogP contribution in [0.2, 0.25) is 0 Å². The van der Waals surface area contributed by atoms with Gasteiger partial charge >= 0.3 is 0 Å². The molecule has 0 fully saturated rings. The van der Waals surface area contributed by atoms with Gasteiger partial charge in [-0.05, 0) is 6.92 Å². The lowest BCUT2D eigenvalue weighted by Crippen LogP contribution is -2.04. The Morgan fingerprint density at radius 1 is 1.09 bits per heavy atom. The number of hydrogen-bond acceptors (Lipinski definition) is 5. The third-order valence-corrected chi connectivity index (χ3v) is 3.57. The SMILES string of the molecule is Cc1c(O)c(C=O)c(O)c2c(=O)cc(-c3ccccc3)oc12. The predicted octanol–water partition coefficient (Wildman–Crippen LogP) is 2.99. The Morgan fingerprint density at radius 2 is 1.77 bits per heavy atom. The van der Waals surface area contributed by atoms with E-state index in [1.807, 2.05) is 6.07 Å². The van der Waals surface area contributed by atoms with Gasteiger partial charge in [0.05, 0.1) is 5.56 Å². The van der Waals surface area contributed by atoms with Crippen molar-refractivity contribution in [3.05, 3.63) is 57.7 Å². The number of hydrogen-bond donors (Lipinski definition) is 2. The molecule has 1 aromatic heterocycles. The minimum atomic E-state index is -0.568. The van der Waals surface area contributed by atoms with Crippen molar-refractivity contribution >= 4 is 17.3 Å². The average molecular weight is 296 g/mol. The van der Waals surface area contributed by atoms with Gasteiger partial charge in [0.25, 0.3) is 0 Å². The van der Waals surface area contributed by atoms with Crippen LogP contribution in [0.5, 0.6) is 11.5 Å². The van der Waals surface area contributed by atoms with E-state index in [-0.39, 0.29) is 22.1 Å². The lowest BCUT2D eigenvalue weighted by atomic mass is 10.0. The Balaban J connectivity index is 2.44. The fourth-order valence-corrected chi connectivity index (χ4v) is 2.39. The molecule has 0 spiro atoms. The van der Waals surface area contributed by atoms with Crippen molar-refractivity contribution in [3.8, 4) is 22.8 Å². The van der Waals surface area contributed by atoms with Gasteiger partial charge in [0.15, 0.2) is 11.7 Å². The summed E-state index contributed by atoms with van der Waals surface area (Å²) in [6, 6.07) is 10.2. The van der Waals surface area contributed by atoms with Crippen LogP contribution in [0.1, 0.15) is 15.9 Å². The summed E-state index contributed by atoms with van der Waals surface area (Å²) >= 11 is 0. The van der Waals surface area contributed by atoms with Crippen LogP contribution in [-0.2, 0) is 0 Å². The molecule has 3 aromatic rings. The van der Waals surface area contributed by atoms with E-state index in [4.69, 9.17) is 4.42 Å². The number of aldehydes is 1. The van der Waals surface area contributed by atoms with Crippen LogP contribution in [-0.4, -0.2) is 16.5 Å². The second kappa shape index (κ2) is 5.04. The Hall–Kier alpha value is -3.08. The Labute approximate surface area is 125 Å². The van der Waals surface area contributed by atoms with E-state index in [9.17, 15) is 19.8 Å². The summed E-state index contributed by atoms with van der Waals surface area (Å²) in [5.74, 6) is -0.645. The third-order valence-electron chi connectivity index (χ3n) is 3.57. The van der Waals surface area contributed by atoms with Crippen LogP contribution >= 0.6 is 0 Å². The highest BCUT2D eigenvalue weighted by atomic mass is 16.3. The molecule has 0 atom stereocenters. The fourth-order valence-electron chi connectivity index (χ4n) is 2.39. The number of carbonyl (C=O) groups excluding carboxylic acids is 1. The maximum atomic E-state index is 12.3. The lowest BCUT2D eigenvalue weighted by molar-refractivity contribution is 0.111. The smallest absolute Gasteiger partial charge is 0.197 e. The molecule has 0 saturated heterocycles. The van der Waals surface area contributed by atoms with E-state index >= 15 is 0 Å². The zero-order chi connectivity index (χ0) is 15.9. The molecule has 0 aliphatic rings. The first-order chi connectivity index (χ1) is 10.5. The van der Waals surface area contributed by atoms with E-state index in [1.54, 1.807) is 24.3 Å². The molecular weight excluding hydrogens is 284 g/mol. The summed E-state index contributed by atoms with van der Waals surface area (Å²) in [6.45, 7) is 1.52. The van der Waals surface area contributed by atoms with Gasteiger partial charge in [0, 0.05) is 17.2 Å². The van der Waals surface area contributed by atoms with Crippen LogP contribution in [0.15, 0.2) is 45.6 Å². The molecule has 110 valence electrons. The maximum absolute atomic E-state index is 12.3. The van der Waals surface area contributed by atoms with Crippen molar-refractivity contribution in [2.75, 3.05) is 0 Å². The van der Waals surface area contributed by atoms with Crippen molar-refractivity contribution in [3.63, 3.8) is 0 Å². The van der Waals surface area contributed by atoms with Crippen LogP contribution in [0.25, 0.3) is 22.3 Å². The number of phenols is 2. The van der Waals surface area contributed by atoms with Gasteiger partial charge in [-0.1, -0.05) is 30.3 Å². The predicted molar refractivity (Wildman–Crippen MR) is 81.4 cm³/mol. The molecule has 0 saturated carbocycles. The van der Waals surface area contributed by atoms with Crippen molar-refractivity contribution in [1.29, 1.82) is 0 Å². The second-order valence-corrected chi connectivity index (χ2v) is 4.90.